The molecule has 1 rings (SSSR count). The van der Waals surface area contributed by atoms with Crippen LogP contribution in [-0.2, 0) is 14.4 Å². The molecule has 6 heteroatoms. The molecule has 1 fully saturated rings. The van der Waals surface area contributed by atoms with Gasteiger partial charge in [0.25, 0.3) is 0 Å². The highest BCUT2D eigenvalue weighted by Crippen LogP contribution is 2.08. The fourth-order valence-electron chi connectivity index (χ4n) is 1.75. The summed E-state index contributed by atoms with van der Waals surface area (Å²) in [6.07, 6.45) is 2.79. The van der Waals surface area contributed by atoms with Gasteiger partial charge in [-0.05, 0) is 12.8 Å². The number of rotatable bonds is 6. The lowest BCUT2D eigenvalue weighted by Gasteiger charge is -2.17. The molecule has 1 unspecified atom stereocenters. The largest absolute Gasteiger partial charge is 0.480 e. The minimum absolute atomic E-state index is 0.161. The highest BCUT2D eigenvalue weighted by molar-refractivity contribution is 5.92. The summed E-state index contributed by atoms with van der Waals surface area (Å²) in [4.78, 5) is 33.5. The summed E-state index contributed by atoms with van der Waals surface area (Å²) in [5.74, 6) is -1.60. The summed E-state index contributed by atoms with van der Waals surface area (Å²) in [5, 5.41) is 13.9. The number of carbonyl (C=O) groups is 3. The first kappa shape index (κ1) is 13.5. The summed E-state index contributed by atoms with van der Waals surface area (Å²) >= 11 is 0. The average molecular weight is 242 g/mol. The number of carboxylic acids is 1. The first-order chi connectivity index (χ1) is 8.04. The first-order valence-corrected chi connectivity index (χ1v) is 5.87. The van der Waals surface area contributed by atoms with Gasteiger partial charge in [0.15, 0.2) is 0 Å². The predicted octanol–water partition coefficient (Wildman–Crippen LogP) is 0.0246. The Kier molecular flexibility index (Phi) is 4.93. The molecule has 2 atom stereocenters. The zero-order chi connectivity index (χ0) is 12.8. The van der Waals surface area contributed by atoms with E-state index in [9.17, 15) is 14.4 Å². The molecule has 1 aliphatic rings. The molecule has 96 valence electrons. The topological polar surface area (TPSA) is 95.5 Å². The highest BCUT2D eigenvalue weighted by atomic mass is 16.4. The average Bonchev–Trinajstić information content (AvgIpc) is 2.70. The smallest absolute Gasteiger partial charge is 0.326 e. The lowest BCUT2D eigenvalue weighted by Crippen LogP contribution is -2.48. The number of hydrogen-bond acceptors (Lipinski definition) is 3. The van der Waals surface area contributed by atoms with E-state index < -0.39 is 24.0 Å². The van der Waals surface area contributed by atoms with Crippen LogP contribution in [0.25, 0.3) is 0 Å². The Morgan fingerprint density at radius 3 is 2.76 bits per heavy atom. The Labute approximate surface area is 99.8 Å². The summed E-state index contributed by atoms with van der Waals surface area (Å²) in [6, 6.07) is -1.44. The molecular formula is C11H18N2O4. The van der Waals surface area contributed by atoms with Gasteiger partial charge in [-0.15, -0.1) is 0 Å². The van der Waals surface area contributed by atoms with Gasteiger partial charge >= 0.3 is 5.97 Å². The molecule has 0 spiro atoms. The number of hydrogen-bond donors (Lipinski definition) is 3. The van der Waals surface area contributed by atoms with Crippen molar-refractivity contribution in [3.05, 3.63) is 0 Å². The van der Waals surface area contributed by atoms with Crippen molar-refractivity contribution in [2.45, 2.75) is 51.1 Å². The van der Waals surface area contributed by atoms with Crippen LogP contribution < -0.4 is 10.6 Å². The van der Waals surface area contributed by atoms with Crippen LogP contribution in [0.15, 0.2) is 0 Å². The van der Waals surface area contributed by atoms with Crippen molar-refractivity contribution in [1.29, 1.82) is 0 Å². The van der Waals surface area contributed by atoms with Crippen LogP contribution in [0, 0.1) is 0 Å². The van der Waals surface area contributed by atoms with Crippen molar-refractivity contribution < 1.29 is 19.5 Å². The summed E-state index contributed by atoms with van der Waals surface area (Å²) in [5.41, 5.74) is 0. The Morgan fingerprint density at radius 1 is 1.59 bits per heavy atom. The highest BCUT2D eigenvalue weighted by Gasteiger charge is 2.29. The van der Waals surface area contributed by atoms with Crippen LogP contribution in [0.2, 0.25) is 0 Å². The van der Waals surface area contributed by atoms with E-state index in [2.05, 4.69) is 10.6 Å². The minimum Gasteiger partial charge on any atom is -0.480 e. The van der Waals surface area contributed by atoms with E-state index in [4.69, 9.17) is 5.11 Å². The van der Waals surface area contributed by atoms with Gasteiger partial charge in [-0.1, -0.05) is 19.8 Å². The maximum absolute atomic E-state index is 11.7. The third-order valence-electron chi connectivity index (χ3n) is 2.77. The van der Waals surface area contributed by atoms with Gasteiger partial charge in [0.1, 0.15) is 12.1 Å². The molecule has 0 saturated carbocycles. The van der Waals surface area contributed by atoms with Crippen molar-refractivity contribution in [2.75, 3.05) is 0 Å². The molecular weight excluding hydrogens is 224 g/mol. The zero-order valence-electron chi connectivity index (χ0n) is 9.86. The van der Waals surface area contributed by atoms with E-state index in [0.717, 1.165) is 12.8 Å². The fraction of sp³-hybridized carbons (Fsp3) is 0.727. The number of aliphatic carboxylic acids is 1. The van der Waals surface area contributed by atoms with Crippen molar-refractivity contribution >= 4 is 17.8 Å². The predicted molar refractivity (Wildman–Crippen MR) is 60.3 cm³/mol. The number of carbonyl (C=O) groups excluding carboxylic acids is 2. The molecule has 1 heterocycles. The quantitative estimate of drug-likeness (QED) is 0.612. The lowest BCUT2D eigenvalue weighted by molar-refractivity contribution is -0.142. The lowest BCUT2D eigenvalue weighted by atomic mass is 10.1. The van der Waals surface area contributed by atoms with Gasteiger partial charge in [-0.3, -0.25) is 9.59 Å². The second kappa shape index (κ2) is 6.22. The Morgan fingerprint density at radius 2 is 2.29 bits per heavy atom. The van der Waals surface area contributed by atoms with Gasteiger partial charge < -0.3 is 15.7 Å². The molecule has 3 N–H and O–H groups in total. The molecule has 0 aromatic heterocycles. The summed E-state index contributed by atoms with van der Waals surface area (Å²) in [7, 11) is 0. The molecule has 0 bridgehead atoms. The van der Waals surface area contributed by atoms with Crippen molar-refractivity contribution in [3.63, 3.8) is 0 Å². The molecule has 0 radical (unpaired) electrons. The number of unbranched alkanes of at least 4 members (excludes halogenated alkanes) is 1. The van der Waals surface area contributed by atoms with Crippen LogP contribution in [0.3, 0.4) is 0 Å². The SMILES string of the molecule is CCCC[C@H](NC(=O)C1CCC(=O)N1)C(=O)O. The number of amides is 2. The van der Waals surface area contributed by atoms with Crippen LogP contribution >= 0.6 is 0 Å². The molecule has 0 aliphatic carbocycles. The molecule has 0 aromatic carbocycles. The fourth-order valence-corrected chi connectivity index (χ4v) is 1.75. The Bertz CT molecular complexity index is 317. The standard InChI is InChI=1S/C11H18N2O4/c1-2-3-4-8(11(16)17)13-10(15)7-5-6-9(14)12-7/h7-8H,2-6H2,1H3,(H,12,14)(H,13,15)(H,16,17)/t7?,8-/m0/s1. The second-order valence-electron chi connectivity index (χ2n) is 4.20. The van der Waals surface area contributed by atoms with Crippen molar-refractivity contribution in [2.24, 2.45) is 0 Å². The monoisotopic (exact) mass is 242 g/mol. The van der Waals surface area contributed by atoms with Gasteiger partial charge in [-0.25, -0.2) is 4.79 Å². The van der Waals surface area contributed by atoms with Crippen molar-refractivity contribution in [1.82, 2.24) is 10.6 Å². The third kappa shape index (κ3) is 4.05. The number of carboxylic acid groups (broad SMARTS) is 1. The van der Waals surface area contributed by atoms with E-state index in [1.54, 1.807) is 0 Å². The van der Waals surface area contributed by atoms with Crippen LogP contribution in [0.4, 0.5) is 0 Å². The van der Waals surface area contributed by atoms with E-state index >= 15 is 0 Å². The second-order valence-corrected chi connectivity index (χ2v) is 4.20. The minimum atomic E-state index is -1.03. The van der Waals surface area contributed by atoms with Gasteiger partial charge in [0.05, 0.1) is 0 Å². The Hall–Kier alpha value is -1.59. The van der Waals surface area contributed by atoms with Crippen molar-refractivity contribution in [3.8, 4) is 0 Å². The zero-order valence-corrected chi connectivity index (χ0v) is 9.86. The molecule has 6 nitrogen and oxygen atoms in total. The van der Waals surface area contributed by atoms with Crippen LogP contribution in [0.1, 0.15) is 39.0 Å². The van der Waals surface area contributed by atoms with Crippen LogP contribution in [0.5, 0.6) is 0 Å². The van der Waals surface area contributed by atoms with E-state index in [1.165, 1.54) is 0 Å². The molecule has 17 heavy (non-hydrogen) atoms. The molecule has 1 aliphatic heterocycles. The molecule has 1 saturated heterocycles. The maximum atomic E-state index is 11.7. The van der Waals surface area contributed by atoms with E-state index in [-0.39, 0.29) is 5.91 Å². The molecule has 0 aromatic rings. The summed E-state index contributed by atoms with van der Waals surface area (Å²) < 4.78 is 0. The van der Waals surface area contributed by atoms with Gasteiger partial charge in [-0.2, -0.15) is 0 Å². The number of nitrogens with one attached hydrogen (secondary N) is 2. The maximum Gasteiger partial charge on any atom is 0.326 e. The van der Waals surface area contributed by atoms with Crippen LogP contribution in [-0.4, -0.2) is 35.0 Å². The third-order valence-corrected chi connectivity index (χ3v) is 2.77. The Balaban J connectivity index is 2.46. The van der Waals surface area contributed by atoms with E-state index in [0.29, 0.717) is 19.3 Å². The summed E-state index contributed by atoms with van der Waals surface area (Å²) in [6.45, 7) is 1.96. The normalized spacial score (nSPS) is 20.8. The van der Waals surface area contributed by atoms with Gasteiger partial charge in [0, 0.05) is 6.42 Å². The molecule has 2 amide bonds. The van der Waals surface area contributed by atoms with E-state index in [1.807, 2.05) is 6.92 Å². The van der Waals surface area contributed by atoms with Gasteiger partial charge in [0.2, 0.25) is 11.8 Å². The first-order valence-electron chi connectivity index (χ1n) is 5.87.